The number of benzene rings is 2. The van der Waals surface area contributed by atoms with Crippen LogP contribution in [0, 0.1) is 0 Å². The van der Waals surface area contributed by atoms with Crippen molar-refractivity contribution in [2.24, 2.45) is 0 Å². The molecule has 94 valence electrons. The maximum atomic E-state index is 6.05. The fourth-order valence-electron chi connectivity index (χ4n) is 1.53. The molecule has 2 aromatic rings. The van der Waals surface area contributed by atoms with Gasteiger partial charge in [-0.2, -0.15) is 0 Å². The molecule has 0 unspecified atom stereocenters. The summed E-state index contributed by atoms with van der Waals surface area (Å²) < 4.78 is 5.62. The molecular formula is C15H15ClOS. The van der Waals surface area contributed by atoms with E-state index in [2.05, 4.69) is 12.1 Å². The lowest BCUT2D eigenvalue weighted by atomic mass is 10.2. The second kappa shape index (κ2) is 7.47. The predicted molar refractivity (Wildman–Crippen MR) is 78.3 cm³/mol. The Labute approximate surface area is 117 Å². The van der Waals surface area contributed by atoms with E-state index in [1.54, 1.807) is 11.8 Å². The summed E-state index contributed by atoms with van der Waals surface area (Å²) in [5.41, 5.74) is 1.05. The smallest absolute Gasteiger partial charge is 0.0731 e. The van der Waals surface area contributed by atoms with E-state index in [9.17, 15) is 0 Å². The quantitative estimate of drug-likeness (QED) is 0.562. The third-order valence-electron chi connectivity index (χ3n) is 2.46. The highest BCUT2D eigenvalue weighted by Gasteiger charge is 1.98. The van der Waals surface area contributed by atoms with Crippen LogP contribution in [0.1, 0.15) is 5.56 Å². The van der Waals surface area contributed by atoms with Gasteiger partial charge in [-0.05, 0) is 23.8 Å². The summed E-state index contributed by atoms with van der Waals surface area (Å²) >= 11 is 7.85. The molecular weight excluding hydrogens is 264 g/mol. The summed E-state index contributed by atoms with van der Waals surface area (Å²) in [6.07, 6.45) is 0. The molecule has 18 heavy (non-hydrogen) atoms. The zero-order valence-electron chi connectivity index (χ0n) is 10.0. The largest absolute Gasteiger partial charge is 0.376 e. The Bertz CT molecular complexity index is 473. The minimum Gasteiger partial charge on any atom is -0.376 e. The Hall–Kier alpha value is -0.960. The Balaban J connectivity index is 1.66. The molecule has 0 atom stereocenters. The van der Waals surface area contributed by atoms with Gasteiger partial charge in [-0.15, -0.1) is 11.8 Å². The highest BCUT2D eigenvalue weighted by atomic mass is 35.5. The molecule has 2 rings (SSSR count). The fraction of sp³-hybridized carbons (Fsp3) is 0.200. The van der Waals surface area contributed by atoms with Crippen molar-refractivity contribution in [1.82, 2.24) is 0 Å². The van der Waals surface area contributed by atoms with Gasteiger partial charge in [-0.1, -0.05) is 48.0 Å². The lowest BCUT2D eigenvalue weighted by molar-refractivity contribution is 0.136. The van der Waals surface area contributed by atoms with Crippen LogP contribution in [-0.2, 0) is 11.3 Å². The van der Waals surface area contributed by atoms with E-state index in [1.165, 1.54) is 4.90 Å². The van der Waals surface area contributed by atoms with E-state index in [1.807, 2.05) is 42.5 Å². The highest BCUT2D eigenvalue weighted by molar-refractivity contribution is 7.99. The SMILES string of the molecule is Clc1ccccc1COCCSc1ccccc1. The van der Waals surface area contributed by atoms with Crippen LogP contribution in [0.4, 0.5) is 0 Å². The number of rotatable bonds is 6. The van der Waals surface area contributed by atoms with Crippen LogP contribution in [0.25, 0.3) is 0 Å². The van der Waals surface area contributed by atoms with Crippen molar-refractivity contribution in [3.05, 3.63) is 65.2 Å². The van der Waals surface area contributed by atoms with Crippen molar-refractivity contribution in [3.63, 3.8) is 0 Å². The standard InChI is InChI=1S/C15H15ClOS/c16-15-9-5-4-6-13(15)12-17-10-11-18-14-7-2-1-3-8-14/h1-9H,10-12H2. The number of hydrogen-bond donors (Lipinski definition) is 0. The number of halogens is 1. The average molecular weight is 279 g/mol. The molecule has 1 nitrogen and oxygen atoms in total. The van der Waals surface area contributed by atoms with Crippen molar-refractivity contribution in [2.75, 3.05) is 12.4 Å². The van der Waals surface area contributed by atoms with E-state index in [-0.39, 0.29) is 0 Å². The lowest BCUT2D eigenvalue weighted by Gasteiger charge is -2.06. The zero-order valence-corrected chi connectivity index (χ0v) is 11.6. The summed E-state index contributed by atoms with van der Waals surface area (Å²) in [7, 11) is 0. The van der Waals surface area contributed by atoms with Gasteiger partial charge in [0.25, 0.3) is 0 Å². The minimum atomic E-state index is 0.578. The van der Waals surface area contributed by atoms with Gasteiger partial charge in [0, 0.05) is 15.7 Å². The van der Waals surface area contributed by atoms with Crippen LogP contribution in [0.3, 0.4) is 0 Å². The molecule has 0 aliphatic rings. The van der Waals surface area contributed by atoms with Gasteiger partial charge in [-0.25, -0.2) is 0 Å². The monoisotopic (exact) mass is 278 g/mol. The van der Waals surface area contributed by atoms with Crippen molar-refractivity contribution in [1.29, 1.82) is 0 Å². The highest BCUT2D eigenvalue weighted by Crippen LogP contribution is 2.18. The molecule has 0 saturated carbocycles. The summed E-state index contributed by atoms with van der Waals surface area (Å²) in [5, 5.41) is 0.771. The maximum Gasteiger partial charge on any atom is 0.0731 e. The van der Waals surface area contributed by atoms with E-state index < -0.39 is 0 Å². The van der Waals surface area contributed by atoms with Gasteiger partial charge in [0.15, 0.2) is 0 Å². The molecule has 0 aliphatic heterocycles. The van der Waals surface area contributed by atoms with Gasteiger partial charge in [0.2, 0.25) is 0 Å². The molecule has 0 aliphatic carbocycles. The molecule has 0 saturated heterocycles. The van der Waals surface area contributed by atoms with Crippen LogP contribution in [0.5, 0.6) is 0 Å². The second-order valence-corrected chi connectivity index (χ2v) is 5.38. The molecule has 0 aromatic heterocycles. The average Bonchev–Trinajstić information content (AvgIpc) is 2.42. The first-order valence-corrected chi connectivity index (χ1v) is 7.21. The number of hydrogen-bond acceptors (Lipinski definition) is 2. The molecule has 0 N–H and O–H groups in total. The summed E-state index contributed by atoms with van der Waals surface area (Å²) in [4.78, 5) is 1.28. The first kappa shape index (κ1) is 13.5. The zero-order chi connectivity index (χ0) is 12.6. The van der Waals surface area contributed by atoms with Gasteiger partial charge in [0.1, 0.15) is 0 Å². The third kappa shape index (κ3) is 4.37. The van der Waals surface area contributed by atoms with Crippen LogP contribution in [0.2, 0.25) is 5.02 Å². The second-order valence-electron chi connectivity index (χ2n) is 3.81. The predicted octanol–water partition coefficient (Wildman–Crippen LogP) is 4.65. The Kier molecular flexibility index (Phi) is 5.59. The summed E-state index contributed by atoms with van der Waals surface area (Å²) in [6.45, 7) is 1.31. The van der Waals surface area contributed by atoms with E-state index >= 15 is 0 Å². The fourth-order valence-corrected chi connectivity index (χ4v) is 2.51. The van der Waals surface area contributed by atoms with Crippen LogP contribution < -0.4 is 0 Å². The van der Waals surface area contributed by atoms with Gasteiger partial charge in [0.05, 0.1) is 13.2 Å². The number of ether oxygens (including phenoxy) is 1. The van der Waals surface area contributed by atoms with Crippen LogP contribution in [0.15, 0.2) is 59.5 Å². The molecule has 0 spiro atoms. The number of thioether (sulfide) groups is 1. The third-order valence-corrected chi connectivity index (χ3v) is 3.80. The van der Waals surface area contributed by atoms with Crippen molar-refractivity contribution < 1.29 is 4.74 Å². The summed E-state index contributed by atoms with van der Waals surface area (Å²) in [6, 6.07) is 18.1. The Morgan fingerprint density at radius 1 is 0.944 bits per heavy atom. The molecule has 0 amide bonds. The van der Waals surface area contributed by atoms with Gasteiger partial charge < -0.3 is 4.74 Å². The Morgan fingerprint density at radius 3 is 2.44 bits per heavy atom. The molecule has 0 bridgehead atoms. The first-order chi connectivity index (χ1) is 8.86. The van der Waals surface area contributed by atoms with Crippen molar-refractivity contribution >= 4 is 23.4 Å². The van der Waals surface area contributed by atoms with E-state index in [0.29, 0.717) is 6.61 Å². The summed E-state index contributed by atoms with van der Waals surface area (Å²) in [5.74, 6) is 0.953. The van der Waals surface area contributed by atoms with Gasteiger partial charge in [-0.3, -0.25) is 0 Å². The minimum absolute atomic E-state index is 0.578. The maximum absolute atomic E-state index is 6.05. The normalized spacial score (nSPS) is 10.5. The lowest BCUT2D eigenvalue weighted by Crippen LogP contribution is -1.98. The molecule has 2 aromatic carbocycles. The van der Waals surface area contributed by atoms with Crippen LogP contribution in [-0.4, -0.2) is 12.4 Å². The van der Waals surface area contributed by atoms with Crippen LogP contribution >= 0.6 is 23.4 Å². The molecule has 0 fully saturated rings. The topological polar surface area (TPSA) is 9.23 Å². The molecule has 0 heterocycles. The van der Waals surface area contributed by atoms with Crippen molar-refractivity contribution in [3.8, 4) is 0 Å². The van der Waals surface area contributed by atoms with Crippen molar-refractivity contribution in [2.45, 2.75) is 11.5 Å². The van der Waals surface area contributed by atoms with E-state index in [0.717, 1.165) is 22.9 Å². The molecule has 0 radical (unpaired) electrons. The van der Waals surface area contributed by atoms with E-state index in [4.69, 9.17) is 16.3 Å². The molecule has 3 heteroatoms. The first-order valence-electron chi connectivity index (χ1n) is 5.85. The van der Waals surface area contributed by atoms with Gasteiger partial charge >= 0.3 is 0 Å². The Morgan fingerprint density at radius 2 is 1.67 bits per heavy atom.